The van der Waals surface area contributed by atoms with Gasteiger partial charge in [0.15, 0.2) is 0 Å². The molecule has 0 aromatic carbocycles. The van der Waals surface area contributed by atoms with Crippen molar-refractivity contribution in [1.82, 2.24) is 10.2 Å². The molecule has 2 aliphatic carbocycles. The van der Waals surface area contributed by atoms with Gasteiger partial charge in [0.05, 0.1) is 12.5 Å². The first-order chi connectivity index (χ1) is 10.1. The molecule has 2 unspecified atom stereocenters. The highest BCUT2D eigenvalue weighted by Crippen LogP contribution is 2.25. The summed E-state index contributed by atoms with van der Waals surface area (Å²) in [6.45, 7) is 0.337. The van der Waals surface area contributed by atoms with Gasteiger partial charge in [-0.15, -0.1) is 0 Å². The number of amides is 1. The van der Waals surface area contributed by atoms with Gasteiger partial charge in [0.25, 0.3) is 0 Å². The van der Waals surface area contributed by atoms with Crippen LogP contribution in [0.2, 0.25) is 0 Å². The van der Waals surface area contributed by atoms with E-state index in [0.717, 1.165) is 32.1 Å². The number of hydrogen-bond acceptors (Lipinski definition) is 3. The zero-order valence-electron chi connectivity index (χ0n) is 13.0. The molecule has 0 radical (unpaired) electrons. The molecule has 5 nitrogen and oxygen atoms in total. The maximum Gasteiger partial charge on any atom is 0.306 e. The summed E-state index contributed by atoms with van der Waals surface area (Å²) >= 11 is 0. The number of rotatable bonds is 5. The van der Waals surface area contributed by atoms with Crippen molar-refractivity contribution in [2.24, 2.45) is 5.92 Å². The lowest BCUT2D eigenvalue weighted by atomic mass is 9.86. The van der Waals surface area contributed by atoms with Gasteiger partial charge in [0, 0.05) is 19.1 Å². The summed E-state index contributed by atoms with van der Waals surface area (Å²) < 4.78 is 0. The van der Waals surface area contributed by atoms with Crippen molar-refractivity contribution in [1.29, 1.82) is 0 Å². The molecule has 0 spiro atoms. The van der Waals surface area contributed by atoms with Crippen molar-refractivity contribution in [3.05, 3.63) is 0 Å². The Bertz CT molecular complexity index is 367. The molecule has 120 valence electrons. The second-order valence-electron chi connectivity index (χ2n) is 6.58. The summed E-state index contributed by atoms with van der Waals surface area (Å²) in [5.74, 6) is -0.811. The van der Waals surface area contributed by atoms with E-state index in [9.17, 15) is 9.59 Å². The summed E-state index contributed by atoms with van der Waals surface area (Å²) in [6.07, 6.45) is 9.29. The van der Waals surface area contributed by atoms with E-state index in [2.05, 4.69) is 5.32 Å². The third kappa shape index (κ3) is 4.70. The number of carbonyl (C=O) groups is 2. The van der Waals surface area contributed by atoms with Gasteiger partial charge >= 0.3 is 5.97 Å². The average molecular weight is 296 g/mol. The lowest BCUT2D eigenvalue weighted by Crippen LogP contribution is -2.46. The molecule has 2 N–H and O–H groups in total. The molecule has 2 atom stereocenters. The van der Waals surface area contributed by atoms with Crippen LogP contribution in [-0.4, -0.2) is 47.6 Å². The number of carboxylic acids is 1. The molecular formula is C16H28N2O3. The molecular weight excluding hydrogens is 268 g/mol. The molecule has 0 aromatic rings. The monoisotopic (exact) mass is 296 g/mol. The molecule has 0 saturated heterocycles. The Morgan fingerprint density at radius 2 is 1.81 bits per heavy atom. The first-order valence-electron chi connectivity index (χ1n) is 8.29. The van der Waals surface area contributed by atoms with Crippen molar-refractivity contribution in [3.63, 3.8) is 0 Å². The van der Waals surface area contributed by atoms with Crippen LogP contribution in [-0.2, 0) is 9.59 Å². The molecule has 2 saturated carbocycles. The van der Waals surface area contributed by atoms with Gasteiger partial charge in [-0.2, -0.15) is 0 Å². The number of carbonyl (C=O) groups excluding carboxylic acids is 1. The van der Waals surface area contributed by atoms with Crippen LogP contribution in [0.5, 0.6) is 0 Å². The van der Waals surface area contributed by atoms with Crippen LogP contribution in [0.3, 0.4) is 0 Å². The van der Waals surface area contributed by atoms with Crippen molar-refractivity contribution in [2.75, 3.05) is 13.6 Å². The van der Waals surface area contributed by atoms with Gasteiger partial charge in [-0.25, -0.2) is 0 Å². The summed E-state index contributed by atoms with van der Waals surface area (Å²) in [5, 5.41) is 12.4. The third-order valence-electron chi connectivity index (χ3n) is 5.08. The number of nitrogens with one attached hydrogen (secondary N) is 1. The quantitative estimate of drug-likeness (QED) is 0.814. The number of nitrogens with zero attached hydrogens (tertiary/aromatic N) is 1. The fourth-order valence-electron chi connectivity index (χ4n) is 3.63. The summed E-state index contributed by atoms with van der Waals surface area (Å²) in [5.41, 5.74) is 0. The second-order valence-corrected chi connectivity index (χ2v) is 6.58. The second kappa shape index (κ2) is 7.78. The zero-order valence-corrected chi connectivity index (χ0v) is 13.0. The molecule has 2 rings (SSSR count). The smallest absolute Gasteiger partial charge is 0.306 e. The first-order valence-corrected chi connectivity index (χ1v) is 8.29. The maximum absolute atomic E-state index is 12.2. The van der Waals surface area contributed by atoms with Gasteiger partial charge in [0.1, 0.15) is 0 Å². The standard InChI is InChI=1S/C16H28N2O3/c1-18(14-8-3-2-4-9-14)15(19)11-17-13-7-5-6-12(10-13)16(20)21/h12-14,17H,2-11H2,1H3,(H,20,21). The van der Waals surface area contributed by atoms with Crippen LogP contribution >= 0.6 is 0 Å². The van der Waals surface area contributed by atoms with Crippen LogP contribution in [0.4, 0.5) is 0 Å². The fraction of sp³-hybridized carbons (Fsp3) is 0.875. The van der Waals surface area contributed by atoms with Crippen molar-refractivity contribution in [3.8, 4) is 0 Å². The molecule has 0 heterocycles. The predicted molar refractivity (Wildman–Crippen MR) is 81.0 cm³/mol. The highest BCUT2D eigenvalue weighted by Gasteiger charge is 2.28. The van der Waals surface area contributed by atoms with Crippen molar-refractivity contribution in [2.45, 2.75) is 69.9 Å². The normalized spacial score (nSPS) is 27.3. The highest BCUT2D eigenvalue weighted by atomic mass is 16.4. The molecule has 5 heteroatoms. The lowest BCUT2D eigenvalue weighted by molar-refractivity contribution is -0.143. The maximum atomic E-state index is 12.2. The van der Waals surface area contributed by atoms with E-state index < -0.39 is 5.97 Å². The van der Waals surface area contributed by atoms with Crippen LogP contribution in [0.15, 0.2) is 0 Å². The van der Waals surface area contributed by atoms with E-state index in [0.29, 0.717) is 19.0 Å². The van der Waals surface area contributed by atoms with E-state index in [4.69, 9.17) is 5.11 Å². The van der Waals surface area contributed by atoms with E-state index >= 15 is 0 Å². The minimum absolute atomic E-state index is 0.138. The minimum Gasteiger partial charge on any atom is -0.481 e. The predicted octanol–water partition coefficient (Wildman–Crippen LogP) is 2.01. The van der Waals surface area contributed by atoms with Crippen LogP contribution in [0.1, 0.15) is 57.8 Å². The van der Waals surface area contributed by atoms with Gasteiger partial charge in [0.2, 0.25) is 5.91 Å². The van der Waals surface area contributed by atoms with Crippen LogP contribution in [0, 0.1) is 5.92 Å². The first kappa shape index (κ1) is 16.3. The topological polar surface area (TPSA) is 69.6 Å². The van der Waals surface area contributed by atoms with E-state index in [1.807, 2.05) is 11.9 Å². The Balaban J connectivity index is 1.73. The molecule has 0 aromatic heterocycles. The van der Waals surface area contributed by atoms with E-state index in [-0.39, 0.29) is 17.9 Å². The molecule has 0 aliphatic heterocycles. The number of carboxylic acid groups (broad SMARTS) is 1. The Morgan fingerprint density at radius 3 is 2.48 bits per heavy atom. The third-order valence-corrected chi connectivity index (χ3v) is 5.08. The molecule has 0 bridgehead atoms. The highest BCUT2D eigenvalue weighted by molar-refractivity contribution is 5.78. The largest absolute Gasteiger partial charge is 0.481 e. The SMILES string of the molecule is CN(C(=O)CNC1CCCC(C(=O)O)C1)C1CCCCC1. The van der Waals surface area contributed by atoms with E-state index in [1.54, 1.807) is 0 Å². The molecule has 21 heavy (non-hydrogen) atoms. The summed E-state index contributed by atoms with van der Waals surface area (Å²) in [7, 11) is 1.90. The van der Waals surface area contributed by atoms with Crippen LogP contribution < -0.4 is 5.32 Å². The molecule has 1 amide bonds. The Hall–Kier alpha value is -1.10. The van der Waals surface area contributed by atoms with Gasteiger partial charge in [-0.3, -0.25) is 9.59 Å². The Labute approximate surface area is 127 Å². The Morgan fingerprint density at radius 1 is 1.10 bits per heavy atom. The van der Waals surface area contributed by atoms with Gasteiger partial charge < -0.3 is 15.3 Å². The number of hydrogen-bond donors (Lipinski definition) is 2. The summed E-state index contributed by atoms with van der Waals surface area (Å²) in [4.78, 5) is 25.2. The van der Waals surface area contributed by atoms with Crippen molar-refractivity contribution < 1.29 is 14.7 Å². The average Bonchev–Trinajstić information content (AvgIpc) is 2.53. The number of aliphatic carboxylic acids is 1. The van der Waals surface area contributed by atoms with Gasteiger partial charge in [-0.1, -0.05) is 25.7 Å². The lowest BCUT2D eigenvalue weighted by Gasteiger charge is -2.32. The zero-order chi connectivity index (χ0) is 15.2. The van der Waals surface area contributed by atoms with Gasteiger partial charge in [-0.05, 0) is 32.1 Å². The van der Waals surface area contributed by atoms with Crippen molar-refractivity contribution >= 4 is 11.9 Å². The van der Waals surface area contributed by atoms with E-state index in [1.165, 1.54) is 19.3 Å². The van der Waals surface area contributed by atoms with Crippen LogP contribution in [0.25, 0.3) is 0 Å². The molecule has 2 aliphatic rings. The minimum atomic E-state index is -0.702. The molecule has 2 fully saturated rings. The summed E-state index contributed by atoms with van der Waals surface area (Å²) in [6, 6.07) is 0.565. The fourth-order valence-corrected chi connectivity index (χ4v) is 3.63. The Kier molecular flexibility index (Phi) is 6.03. The number of likely N-dealkylation sites (N-methyl/N-ethyl adjacent to an activating group) is 1.